The zero-order valence-corrected chi connectivity index (χ0v) is 18.5. The maximum absolute atomic E-state index is 13.0. The summed E-state index contributed by atoms with van der Waals surface area (Å²) in [5.74, 6) is -1.30. The van der Waals surface area contributed by atoms with E-state index >= 15 is 0 Å². The van der Waals surface area contributed by atoms with Crippen LogP contribution in [0, 0.1) is 0 Å². The number of nitrogens with zero attached hydrogens (tertiary/aromatic N) is 4. The van der Waals surface area contributed by atoms with Crippen LogP contribution in [0.15, 0.2) is 52.1 Å². The third-order valence-electron chi connectivity index (χ3n) is 4.69. The Balaban J connectivity index is 1.79. The number of hydrogen-bond acceptors (Lipinski definition) is 7. The average Bonchev–Trinajstić information content (AvgIpc) is 3.17. The number of carboxylic acids is 1. The molecule has 0 unspecified atom stereocenters. The van der Waals surface area contributed by atoms with Gasteiger partial charge in [-0.1, -0.05) is 30.7 Å². The van der Waals surface area contributed by atoms with Crippen molar-refractivity contribution in [2.24, 2.45) is 0 Å². The Morgan fingerprint density at radius 2 is 1.88 bits per heavy atom. The van der Waals surface area contributed by atoms with Crippen molar-refractivity contribution in [3.8, 4) is 0 Å². The fourth-order valence-electron chi connectivity index (χ4n) is 3.14. The van der Waals surface area contributed by atoms with Crippen LogP contribution < -0.4 is 16.7 Å². The summed E-state index contributed by atoms with van der Waals surface area (Å²) in [5, 5.41) is 13.7. The van der Waals surface area contributed by atoms with Crippen LogP contribution in [0.1, 0.15) is 17.5 Å². The van der Waals surface area contributed by atoms with Crippen LogP contribution in [0.2, 0.25) is 5.02 Å². The van der Waals surface area contributed by atoms with Gasteiger partial charge in [-0.2, -0.15) is 4.98 Å². The fourth-order valence-corrected chi connectivity index (χ4v) is 4.21. The summed E-state index contributed by atoms with van der Waals surface area (Å²) in [6.07, 6.45) is 0.825. The van der Waals surface area contributed by atoms with E-state index in [-0.39, 0.29) is 12.5 Å². The maximum Gasteiger partial charge on any atom is 0.355 e. The number of anilines is 2. The van der Waals surface area contributed by atoms with E-state index in [0.29, 0.717) is 15.3 Å². The number of aromatic nitrogens is 4. The second-order valence-electron chi connectivity index (χ2n) is 6.96. The van der Waals surface area contributed by atoms with Gasteiger partial charge in [0.2, 0.25) is 5.95 Å². The van der Waals surface area contributed by atoms with Crippen molar-refractivity contribution >= 4 is 50.8 Å². The predicted molar refractivity (Wildman–Crippen MR) is 123 cm³/mol. The Hall–Kier alpha value is -3.50. The third-order valence-corrected chi connectivity index (χ3v) is 6.10. The molecule has 32 heavy (non-hydrogen) atoms. The lowest BCUT2D eigenvalue weighted by molar-refractivity contribution is -0.137. The first-order valence-corrected chi connectivity index (χ1v) is 10.9. The molecule has 0 radical (unpaired) electrons. The van der Waals surface area contributed by atoms with Crippen LogP contribution in [0.3, 0.4) is 0 Å². The standard InChI is InChI=1S/C21H18ClN5O4S/c1-2-17-24-15-8-7-14(9-16(15)32-17)23-19-25-20(30)27(11-18(28)29)21(31)26(19)10-12-3-5-13(22)6-4-12/h3-9H,2,10-11H2,1H3,(H,28,29)(H,23,25,30). The lowest BCUT2D eigenvalue weighted by Gasteiger charge is -2.15. The van der Waals surface area contributed by atoms with Gasteiger partial charge in [0, 0.05) is 10.7 Å². The van der Waals surface area contributed by atoms with Crippen molar-refractivity contribution < 1.29 is 9.90 Å². The number of halogens is 1. The Morgan fingerprint density at radius 1 is 1.12 bits per heavy atom. The van der Waals surface area contributed by atoms with Crippen LogP contribution in [0.25, 0.3) is 10.2 Å². The van der Waals surface area contributed by atoms with Gasteiger partial charge >= 0.3 is 17.3 Å². The quantitative estimate of drug-likeness (QED) is 0.425. The number of aryl methyl sites for hydroxylation is 1. The highest BCUT2D eigenvalue weighted by atomic mass is 35.5. The summed E-state index contributed by atoms with van der Waals surface area (Å²) in [7, 11) is 0. The smallest absolute Gasteiger partial charge is 0.355 e. The lowest BCUT2D eigenvalue weighted by Crippen LogP contribution is -2.44. The normalized spacial score (nSPS) is 11.1. The van der Waals surface area contributed by atoms with Gasteiger partial charge in [-0.25, -0.2) is 19.1 Å². The van der Waals surface area contributed by atoms with Crippen LogP contribution in [-0.4, -0.2) is 30.2 Å². The summed E-state index contributed by atoms with van der Waals surface area (Å²) >= 11 is 7.50. The number of hydrogen-bond donors (Lipinski definition) is 2. The predicted octanol–water partition coefficient (Wildman–Crippen LogP) is 3.11. The van der Waals surface area contributed by atoms with Crippen LogP contribution in [0.5, 0.6) is 0 Å². The maximum atomic E-state index is 13.0. The van der Waals surface area contributed by atoms with Gasteiger partial charge in [-0.15, -0.1) is 11.3 Å². The molecule has 0 bridgehead atoms. The molecule has 0 aliphatic carbocycles. The van der Waals surface area contributed by atoms with E-state index in [1.807, 2.05) is 19.1 Å². The molecule has 0 saturated carbocycles. The van der Waals surface area contributed by atoms with E-state index in [9.17, 15) is 14.4 Å². The Morgan fingerprint density at radius 3 is 2.56 bits per heavy atom. The van der Waals surface area contributed by atoms with Crippen molar-refractivity contribution in [1.82, 2.24) is 19.1 Å². The zero-order chi connectivity index (χ0) is 22.8. The molecule has 2 heterocycles. The first-order chi connectivity index (χ1) is 15.3. The van der Waals surface area contributed by atoms with Gasteiger partial charge in [0.05, 0.1) is 21.8 Å². The van der Waals surface area contributed by atoms with Crippen molar-refractivity contribution in [3.63, 3.8) is 0 Å². The molecule has 0 amide bonds. The molecular formula is C21H18ClN5O4S. The second kappa shape index (κ2) is 8.93. The van der Waals surface area contributed by atoms with E-state index in [4.69, 9.17) is 16.7 Å². The van der Waals surface area contributed by atoms with Crippen LogP contribution >= 0.6 is 22.9 Å². The minimum absolute atomic E-state index is 0.0103. The molecule has 0 saturated heterocycles. The SMILES string of the molecule is CCc1nc2ccc(Nc3nc(=O)n(CC(=O)O)c(=O)n3Cc3ccc(Cl)cc3)cc2s1. The largest absolute Gasteiger partial charge is 0.480 e. The summed E-state index contributed by atoms with van der Waals surface area (Å²) in [6, 6.07) is 12.3. The van der Waals surface area contributed by atoms with Crippen LogP contribution in [-0.2, 0) is 24.3 Å². The summed E-state index contributed by atoms with van der Waals surface area (Å²) in [4.78, 5) is 45.0. The topological polar surface area (TPSA) is 119 Å². The average molecular weight is 472 g/mol. The molecule has 2 N–H and O–H groups in total. The number of carbonyl (C=O) groups is 1. The highest BCUT2D eigenvalue weighted by molar-refractivity contribution is 7.18. The lowest BCUT2D eigenvalue weighted by atomic mass is 10.2. The first kappa shape index (κ1) is 21.7. The summed E-state index contributed by atoms with van der Waals surface area (Å²) in [5.41, 5.74) is 0.487. The number of carboxylic acid groups (broad SMARTS) is 1. The molecular weight excluding hydrogens is 454 g/mol. The van der Waals surface area contributed by atoms with Crippen molar-refractivity contribution in [2.75, 3.05) is 5.32 Å². The third kappa shape index (κ3) is 4.56. The van der Waals surface area contributed by atoms with Crippen molar-refractivity contribution in [3.05, 3.63) is 79.0 Å². The number of rotatable bonds is 7. The van der Waals surface area contributed by atoms with E-state index in [1.165, 1.54) is 4.57 Å². The minimum Gasteiger partial charge on any atom is -0.480 e. The number of nitrogens with one attached hydrogen (secondary N) is 1. The number of aliphatic carboxylic acids is 1. The molecule has 4 rings (SSSR count). The van der Waals surface area contributed by atoms with Gasteiger partial charge in [0.15, 0.2) is 0 Å². The van der Waals surface area contributed by atoms with Gasteiger partial charge in [0.1, 0.15) is 6.54 Å². The Kier molecular flexibility index (Phi) is 6.06. The molecule has 11 heteroatoms. The monoisotopic (exact) mass is 471 g/mol. The van der Waals surface area contributed by atoms with Crippen molar-refractivity contribution in [1.29, 1.82) is 0 Å². The first-order valence-electron chi connectivity index (χ1n) is 9.68. The number of fused-ring (bicyclic) bond motifs is 1. The molecule has 0 spiro atoms. The van der Waals surface area contributed by atoms with Gasteiger partial charge in [-0.3, -0.25) is 9.36 Å². The van der Waals surface area contributed by atoms with Gasteiger partial charge in [0.25, 0.3) is 0 Å². The van der Waals surface area contributed by atoms with Crippen LogP contribution in [0.4, 0.5) is 11.6 Å². The van der Waals surface area contributed by atoms with Gasteiger partial charge in [-0.05, 0) is 42.3 Å². The molecule has 2 aromatic heterocycles. The Labute approximate surface area is 190 Å². The molecule has 0 atom stereocenters. The Bertz CT molecular complexity index is 1430. The highest BCUT2D eigenvalue weighted by Crippen LogP contribution is 2.26. The molecule has 2 aromatic carbocycles. The fraction of sp³-hybridized carbons (Fsp3) is 0.190. The molecule has 0 aliphatic heterocycles. The van der Waals surface area contributed by atoms with Gasteiger partial charge < -0.3 is 10.4 Å². The summed E-state index contributed by atoms with van der Waals surface area (Å²) < 4.78 is 2.77. The molecule has 0 aliphatic rings. The number of thiazole rings is 1. The molecule has 9 nitrogen and oxygen atoms in total. The van der Waals surface area contributed by atoms with E-state index < -0.39 is 23.9 Å². The van der Waals surface area contributed by atoms with Crippen molar-refractivity contribution in [2.45, 2.75) is 26.4 Å². The van der Waals surface area contributed by atoms with E-state index in [2.05, 4.69) is 15.3 Å². The zero-order valence-electron chi connectivity index (χ0n) is 16.9. The molecule has 4 aromatic rings. The minimum atomic E-state index is -1.31. The highest BCUT2D eigenvalue weighted by Gasteiger charge is 2.16. The summed E-state index contributed by atoms with van der Waals surface area (Å²) in [6.45, 7) is 1.31. The van der Waals surface area contributed by atoms with E-state index in [0.717, 1.165) is 27.2 Å². The second-order valence-corrected chi connectivity index (χ2v) is 8.51. The van der Waals surface area contributed by atoms with E-state index in [1.54, 1.807) is 41.7 Å². The molecule has 164 valence electrons. The molecule has 0 fully saturated rings. The number of benzene rings is 2.